The lowest BCUT2D eigenvalue weighted by molar-refractivity contribution is -0.247. The van der Waals surface area contributed by atoms with Crippen molar-refractivity contribution >= 4 is 5.97 Å². The molecule has 12 heteroatoms. The van der Waals surface area contributed by atoms with E-state index in [-0.39, 0.29) is 18.7 Å². The molecule has 4 nitrogen and oxygen atoms in total. The Balaban J connectivity index is 2.36. The van der Waals surface area contributed by atoms with E-state index in [9.17, 15) is 39.9 Å². The largest absolute Gasteiger partial charge is 0.490 e. The van der Waals surface area contributed by atoms with Gasteiger partial charge in [0.05, 0.1) is 5.92 Å². The lowest BCUT2D eigenvalue weighted by Crippen LogP contribution is -2.43. The Bertz CT molecular complexity index is 659. The summed E-state index contributed by atoms with van der Waals surface area (Å²) in [5.74, 6) is -7.80. The van der Waals surface area contributed by atoms with Crippen molar-refractivity contribution < 1.29 is 44.7 Å². The molecular weight excluding hydrogens is 380 g/mol. The van der Waals surface area contributed by atoms with Gasteiger partial charge in [0.1, 0.15) is 0 Å². The number of ether oxygens (including phenoxy) is 1. The van der Waals surface area contributed by atoms with Crippen LogP contribution in [0.3, 0.4) is 0 Å². The second-order valence-corrected chi connectivity index (χ2v) is 5.64. The molecule has 1 saturated heterocycles. The van der Waals surface area contributed by atoms with E-state index >= 15 is 0 Å². The summed E-state index contributed by atoms with van der Waals surface area (Å²) in [6.07, 6.45) is -13.5. The number of aromatic nitrogens is 1. The zero-order valence-electron chi connectivity index (χ0n) is 12.8. The van der Waals surface area contributed by atoms with Gasteiger partial charge < -0.3 is 10.1 Å². The molecule has 1 N–H and O–H groups in total. The molecule has 0 bridgehead atoms. The van der Waals surface area contributed by atoms with Crippen LogP contribution in [0, 0.1) is 0 Å². The van der Waals surface area contributed by atoms with E-state index in [4.69, 9.17) is 0 Å². The Morgan fingerprint density at radius 3 is 2.42 bits per heavy atom. The highest BCUT2D eigenvalue weighted by molar-refractivity contribution is 5.76. The van der Waals surface area contributed by atoms with Crippen molar-refractivity contribution in [1.82, 2.24) is 10.3 Å². The summed E-state index contributed by atoms with van der Waals surface area (Å²) in [5.41, 5.74) is -1.29. The van der Waals surface area contributed by atoms with Crippen molar-refractivity contribution in [3.8, 4) is 0 Å². The smallest absolute Gasteiger partial charge is 0.441 e. The molecule has 2 atom stereocenters. The van der Waals surface area contributed by atoms with Crippen LogP contribution in [-0.4, -0.2) is 42.3 Å². The first kappa shape index (κ1) is 20.3. The molecule has 0 radical (unpaired) electrons. The van der Waals surface area contributed by atoms with Crippen molar-refractivity contribution in [3.05, 3.63) is 29.6 Å². The van der Waals surface area contributed by atoms with E-state index in [0.717, 1.165) is 6.20 Å². The minimum Gasteiger partial charge on any atom is -0.441 e. The third kappa shape index (κ3) is 4.59. The first-order valence-electron chi connectivity index (χ1n) is 7.20. The molecule has 26 heavy (non-hydrogen) atoms. The fraction of sp³-hybridized carbons (Fsp3) is 0.571. The van der Waals surface area contributed by atoms with Crippen LogP contribution in [0.2, 0.25) is 0 Å². The van der Waals surface area contributed by atoms with Crippen molar-refractivity contribution in [3.63, 3.8) is 0 Å². The Morgan fingerprint density at radius 2 is 1.88 bits per heavy atom. The highest BCUT2D eigenvalue weighted by atomic mass is 19.4. The molecule has 2 rings (SSSR count). The molecule has 1 aromatic rings. The number of alkyl halides is 8. The quantitative estimate of drug-likeness (QED) is 0.632. The molecule has 1 fully saturated rings. The summed E-state index contributed by atoms with van der Waals surface area (Å²) in [5, 5.41) is 2.66. The van der Waals surface area contributed by atoms with Crippen molar-refractivity contribution in [2.45, 2.75) is 36.7 Å². The zero-order valence-corrected chi connectivity index (χ0v) is 12.8. The van der Waals surface area contributed by atoms with Crippen LogP contribution in [-0.2, 0) is 9.53 Å². The van der Waals surface area contributed by atoms with E-state index in [1.54, 1.807) is 0 Å². The molecular formula is C14H12F8N2O2. The zero-order chi connectivity index (χ0) is 19.8. The number of carbonyl (C=O) groups is 1. The number of rotatable bonds is 3. The molecule has 0 aromatic carbocycles. The second kappa shape index (κ2) is 6.97. The molecule has 1 aliphatic rings. The topological polar surface area (TPSA) is 51.2 Å². The Kier molecular flexibility index (Phi) is 5.45. The maximum atomic E-state index is 14.0. The van der Waals surface area contributed by atoms with Crippen molar-refractivity contribution in [1.29, 1.82) is 0 Å². The Morgan fingerprint density at radius 1 is 1.23 bits per heavy atom. The van der Waals surface area contributed by atoms with Gasteiger partial charge in [-0.15, -0.1) is 0 Å². The molecule has 2 unspecified atom stereocenters. The van der Waals surface area contributed by atoms with Crippen LogP contribution >= 0.6 is 0 Å². The van der Waals surface area contributed by atoms with Crippen LogP contribution < -0.4 is 5.32 Å². The molecule has 0 spiro atoms. The fourth-order valence-electron chi connectivity index (χ4n) is 2.49. The van der Waals surface area contributed by atoms with Crippen molar-refractivity contribution in [2.24, 2.45) is 0 Å². The molecule has 146 valence electrons. The summed E-state index contributed by atoms with van der Waals surface area (Å²) >= 11 is 0. The highest BCUT2D eigenvalue weighted by Crippen LogP contribution is 2.41. The Hall–Kier alpha value is -1.98. The molecule has 1 aliphatic heterocycles. The molecule has 0 saturated carbocycles. The predicted octanol–water partition coefficient (Wildman–Crippen LogP) is 3.50. The van der Waals surface area contributed by atoms with Gasteiger partial charge in [-0.3, -0.25) is 4.98 Å². The van der Waals surface area contributed by atoms with Gasteiger partial charge in [-0.05, 0) is 11.6 Å². The fourth-order valence-corrected chi connectivity index (χ4v) is 2.49. The SMILES string of the molecule is O=C(OC(c1cncc(C2CNCCC2(F)F)c1)C(F)(F)F)C(F)(F)F. The van der Waals surface area contributed by atoms with E-state index < -0.39 is 48.3 Å². The lowest BCUT2D eigenvalue weighted by Gasteiger charge is -2.32. The number of hydrogen-bond acceptors (Lipinski definition) is 4. The first-order chi connectivity index (χ1) is 11.8. The number of esters is 1. The van der Waals surface area contributed by atoms with E-state index in [1.165, 1.54) is 0 Å². The number of nitrogens with zero attached hydrogens (tertiary/aromatic N) is 1. The predicted molar refractivity (Wildman–Crippen MR) is 70.4 cm³/mol. The van der Waals surface area contributed by atoms with Gasteiger partial charge in [-0.2, -0.15) is 26.3 Å². The minimum absolute atomic E-state index is 0.00495. The summed E-state index contributed by atoms with van der Waals surface area (Å²) in [6.45, 7) is -0.248. The van der Waals surface area contributed by atoms with Crippen LogP contribution in [0.15, 0.2) is 18.5 Å². The van der Waals surface area contributed by atoms with E-state index in [1.807, 2.05) is 0 Å². The summed E-state index contributed by atoms with van der Waals surface area (Å²) < 4.78 is 107. The molecule has 0 amide bonds. The number of nitrogens with one attached hydrogen (secondary N) is 1. The number of hydrogen-bond donors (Lipinski definition) is 1. The van der Waals surface area contributed by atoms with Crippen LogP contribution in [0.1, 0.15) is 29.6 Å². The van der Waals surface area contributed by atoms with E-state index in [2.05, 4.69) is 15.0 Å². The molecule has 0 aliphatic carbocycles. The normalized spacial score (nSPS) is 21.9. The van der Waals surface area contributed by atoms with Crippen molar-refractivity contribution in [2.75, 3.05) is 13.1 Å². The van der Waals surface area contributed by atoms with Crippen LogP contribution in [0.25, 0.3) is 0 Å². The molecule has 1 aromatic heterocycles. The molecule has 2 heterocycles. The van der Waals surface area contributed by atoms with Crippen LogP contribution in [0.5, 0.6) is 0 Å². The number of halogens is 8. The van der Waals surface area contributed by atoms with Gasteiger partial charge in [0.25, 0.3) is 5.92 Å². The maximum absolute atomic E-state index is 14.0. The summed E-state index contributed by atoms with van der Waals surface area (Å²) in [4.78, 5) is 14.2. The minimum atomic E-state index is -5.64. The average Bonchev–Trinajstić information content (AvgIpc) is 2.50. The van der Waals surface area contributed by atoms with Gasteiger partial charge in [0.2, 0.25) is 6.10 Å². The number of carbonyl (C=O) groups excluding carboxylic acids is 1. The average molecular weight is 392 g/mol. The third-order valence-electron chi connectivity index (χ3n) is 3.73. The standard InChI is InChI=1S/C14H12F8N2O2/c15-12(16)1-2-23-6-9(12)7-3-8(5-24-4-7)10(13(17,18)19)26-11(25)14(20,21)22/h3-5,9-10,23H,1-2,6H2. The van der Waals surface area contributed by atoms with Gasteiger partial charge in [-0.25, -0.2) is 13.6 Å². The van der Waals surface area contributed by atoms with Gasteiger partial charge in [0, 0.05) is 37.5 Å². The number of pyridine rings is 1. The summed E-state index contributed by atoms with van der Waals surface area (Å²) in [7, 11) is 0. The van der Waals surface area contributed by atoms with Gasteiger partial charge in [0.15, 0.2) is 0 Å². The van der Waals surface area contributed by atoms with Gasteiger partial charge >= 0.3 is 18.3 Å². The van der Waals surface area contributed by atoms with E-state index in [0.29, 0.717) is 12.3 Å². The highest BCUT2D eigenvalue weighted by Gasteiger charge is 2.50. The third-order valence-corrected chi connectivity index (χ3v) is 3.73. The Labute approximate surface area is 141 Å². The maximum Gasteiger partial charge on any atom is 0.490 e. The summed E-state index contributed by atoms with van der Waals surface area (Å²) in [6, 6.07) is 0.625. The monoisotopic (exact) mass is 392 g/mol. The first-order valence-corrected chi connectivity index (χ1v) is 7.20. The van der Waals surface area contributed by atoms with Gasteiger partial charge in [-0.1, -0.05) is 0 Å². The number of piperidine rings is 1. The van der Waals surface area contributed by atoms with Crippen LogP contribution in [0.4, 0.5) is 35.1 Å². The second-order valence-electron chi connectivity index (χ2n) is 5.64. The lowest BCUT2D eigenvalue weighted by atomic mass is 9.88.